The molecule has 0 spiro atoms. The van der Waals surface area contributed by atoms with E-state index in [4.69, 9.17) is 5.11 Å². The molecule has 2 aromatic rings. The number of aryl methyl sites for hydroxylation is 1. The van der Waals surface area contributed by atoms with Gasteiger partial charge < -0.3 is 10.1 Å². The standard InChI is InChI=1S/C10H8N2O3/c1-5-4-7(10(14)15)6-2-3-8(13)12-9(6)11-5/h2-4H,1H3,(H,14,15)(H,11,12,13). The number of aromatic amines is 1. The summed E-state index contributed by atoms with van der Waals surface area (Å²) in [7, 11) is 0. The number of carboxylic acid groups (broad SMARTS) is 1. The van der Waals surface area contributed by atoms with Gasteiger partial charge in [0.1, 0.15) is 5.65 Å². The van der Waals surface area contributed by atoms with Crippen LogP contribution in [0.4, 0.5) is 0 Å². The average Bonchev–Trinajstić information content (AvgIpc) is 2.15. The van der Waals surface area contributed by atoms with Gasteiger partial charge in [-0.3, -0.25) is 4.79 Å². The lowest BCUT2D eigenvalue weighted by atomic mass is 10.1. The van der Waals surface area contributed by atoms with E-state index in [9.17, 15) is 9.59 Å². The number of fused-ring (bicyclic) bond motifs is 1. The zero-order valence-electron chi connectivity index (χ0n) is 7.94. The summed E-state index contributed by atoms with van der Waals surface area (Å²) in [5, 5.41) is 9.39. The van der Waals surface area contributed by atoms with E-state index in [1.807, 2.05) is 0 Å². The van der Waals surface area contributed by atoms with E-state index in [2.05, 4.69) is 9.97 Å². The van der Waals surface area contributed by atoms with E-state index >= 15 is 0 Å². The summed E-state index contributed by atoms with van der Waals surface area (Å²) >= 11 is 0. The van der Waals surface area contributed by atoms with Gasteiger partial charge in [-0.15, -0.1) is 0 Å². The monoisotopic (exact) mass is 204 g/mol. The number of carboxylic acids is 1. The predicted octanol–water partition coefficient (Wildman–Crippen LogP) is 0.930. The number of aromatic nitrogens is 2. The van der Waals surface area contributed by atoms with Gasteiger partial charge in [0.05, 0.1) is 5.56 Å². The molecule has 0 radical (unpaired) electrons. The lowest BCUT2D eigenvalue weighted by molar-refractivity contribution is 0.0699. The molecule has 2 aromatic heterocycles. The number of hydrogen-bond donors (Lipinski definition) is 2. The second kappa shape index (κ2) is 3.20. The Morgan fingerprint density at radius 2 is 2.20 bits per heavy atom. The highest BCUT2D eigenvalue weighted by molar-refractivity contribution is 6.01. The average molecular weight is 204 g/mol. The first-order valence-corrected chi connectivity index (χ1v) is 4.32. The summed E-state index contributed by atoms with van der Waals surface area (Å²) in [4.78, 5) is 28.5. The van der Waals surface area contributed by atoms with Crippen molar-refractivity contribution in [1.29, 1.82) is 0 Å². The third-order valence-electron chi connectivity index (χ3n) is 2.06. The van der Waals surface area contributed by atoms with Crippen molar-refractivity contribution in [3.63, 3.8) is 0 Å². The molecule has 0 unspecified atom stereocenters. The first-order chi connectivity index (χ1) is 7.08. The normalized spacial score (nSPS) is 10.5. The molecule has 0 aromatic carbocycles. The van der Waals surface area contributed by atoms with Crippen LogP contribution in [-0.2, 0) is 0 Å². The smallest absolute Gasteiger partial charge is 0.336 e. The molecule has 0 aliphatic rings. The van der Waals surface area contributed by atoms with Crippen LogP contribution in [0.15, 0.2) is 23.0 Å². The minimum Gasteiger partial charge on any atom is -0.478 e. The second-order valence-electron chi connectivity index (χ2n) is 3.20. The number of aromatic carboxylic acids is 1. The van der Waals surface area contributed by atoms with Gasteiger partial charge >= 0.3 is 5.97 Å². The highest BCUT2D eigenvalue weighted by atomic mass is 16.4. The van der Waals surface area contributed by atoms with Gasteiger partial charge in [0.25, 0.3) is 0 Å². The molecule has 0 aliphatic carbocycles. The number of H-pyrrole nitrogens is 1. The largest absolute Gasteiger partial charge is 0.478 e. The van der Waals surface area contributed by atoms with Crippen LogP contribution in [0.2, 0.25) is 0 Å². The molecule has 0 atom stereocenters. The number of rotatable bonds is 1. The summed E-state index contributed by atoms with van der Waals surface area (Å²) in [6.45, 7) is 1.68. The molecule has 0 amide bonds. The van der Waals surface area contributed by atoms with Crippen LogP contribution in [0.25, 0.3) is 11.0 Å². The van der Waals surface area contributed by atoms with Crippen LogP contribution in [0, 0.1) is 6.92 Å². The first kappa shape index (κ1) is 9.39. The number of pyridine rings is 2. The van der Waals surface area contributed by atoms with Crippen molar-refractivity contribution in [1.82, 2.24) is 9.97 Å². The van der Waals surface area contributed by atoms with Crippen molar-refractivity contribution in [2.24, 2.45) is 0 Å². The van der Waals surface area contributed by atoms with Gasteiger partial charge in [0.15, 0.2) is 0 Å². The number of nitrogens with zero attached hydrogens (tertiary/aromatic N) is 1. The second-order valence-corrected chi connectivity index (χ2v) is 3.20. The Kier molecular flexibility index (Phi) is 2.00. The first-order valence-electron chi connectivity index (χ1n) is 4.32. The van der Waals surface area contributed by atoms with Crippen molar-refractivity contribution in [2.45, 2.75) is 6.92 Å². The maximum absolute atomic E-state index is 11.0. The third kappa shape index (κ3) is 1.59. The molecule has 0 fully saturated rings. The van der Waals surface area contributed by atoms with E-state index in [0.717, 1.165) is 0 Å². The van der Waals surface area contributed by atoms with Gasteiger partial charge in [-0.25, -0.2) is 9.78 Å². The fraction of sp³-hybridized carbons (Fsp3) is 0.100. The molecule has 76 valence electrons. The summed E-state index contributed by atoms with van der Waals surface area (Å²) in [6, 6.07) is 4.22. The topological polar surface area (TPSA) is 83.0 Å². The third-order valence-corrected chi connectivity index (χ3v) is 2.06. The maximum atomic E-state index is 11.0. The minimum atomic E-state index is -1.03. The lowest BCUT2D eigenvalue weighted by Crippen LogP contribution is -2.07. The van der Waals surface area contributed by atoms with Crippen LogP contribution in [-0.4, -0.2) is 21.0 Å². The molecule has 0 saturated carbocycles. The Morgan fingerprint density at radius 1 is 1.47 bits per heavy atom. The fourth-order valence-corrected chi connectivity index (χ4v) is 1.44. The maximum Gasteiger partial charge on any atom is 0.336 e. The zero-order chi connectivity index (χ0) is 11.0. The van der Waals surface area contributed by atoms with Crippen LogP contribution >= 0.6 is 0 Å². The Labute approximate surface area is 84.4 Å². The summed E-state index contributed by atoms with van der Waals surface area (Å²) in [5.41, 5.74) is 0.715. The molecule has 5 heteroatoms. The highest BCUT2D eigenvalue weighted by Crippen LogP contribution is 2.14. The van der Waals surface area contributed by atoms with Gasteiger partial charge in [0, 0.05) is 17.1 Å². The van der Waals surface area contributed by atoms with Crippen molar-refractivity contribution in [3.8, 4) is 0 Å². The molecular weight excluding hydrogens is 196 g/mol. The van der Waals surface area contributed by atoms with Crippen LogP contribution in [0.1, 0.15) is 16.1 Å². The highest BCUT2D eigenvalue weighted by Gasteiger charge is 2.10. The number of hydrogen-bond acceptors (Lipinski definition) is 3. The minimum absolute atomic E-state index is 0.147. The Morgan fingerprint density at radius 3 is 2.87 bits per heavy atom. The lowest BCUT2D eigenvalue weighted by Gasteiger charge is -2.02. The van der Waals surface area contributed by atoms with Crippen molar-refractivity contribution < 1.29 is 9.90 Å². The van der Waals surface area contributed by atoms with Gasteiger partial charge in [-0.05, 0) is 19.1 Å². The van der Waals surface area contributed by atoms with E-state index in [1.54, 1.807) is 6.92 Å². The fourth-order valence-electron chi connectivity index (χ4n) is 1.44. The summed E-state index contributed by atoms with van der Waals surface area (Å²) in [6.07, 6.45) is 0. The predicted molar refractivity (Wildman–Crippen MR) is 54.1 cm³/mol. The molecule has 2 heterocycles. The van der Waals surface area contributed by atoms with Crippen LogP contribution in [0.5, 0.6) is 0 Å². The molecule has 2 N–H and O–H groups in total. The van der Waals surface area contributed by atoms with E-state index in [0.29, 0.717) is 16.7 Å². The van der Waals surface area contributed by atoms with E-state index < -0.39 is 5.97 Å². The summed E-state index contributed by atoms with van der Waals surface area (Å²) in [5.74, 6) is -1.03. The molecule has 0 saturated heterocycles. The van der Waals surface area contributed by atoms with Crippen molar-refractivity contribution in [2.75, 3.05) is 0 Å². The van der Waals surface area contributed by atoms with Crippen molar-refractivity contribution in [3.05, 3.63) is 39.8 Å². The van der Waals surface area contributed by atoms with Gasteiger partial charge in [-0.1, -0.05) is 0 Å². The molecule has 2 rings (SSSR count). The zero-order valence-corrected chi connectivity index (χ0v) is 7.94. The van der Waals surface area contributed by atoms with E-state index in [-0.39, 0.29) is 11.1 Å². The molecule has 5 nitrogen and oxygen atoms in total. The Hall–Kier alpha value is -2.17. The Balaban J connectivity index is 2.92. The van der Waals surface area contributed by atoms with E-state index in [1.165, 1.54) is 18.2 Å². The SMILES string of the molecule is Cc1cc(C(=O)O)c2ccc(=O)[nH]c2n1. The molecule has 15 heavy (non-hydrogen) atoms. The van der Waals surface area contributed by atoms with Crippen molar-refractivity contribution >= 4 is 17.0 Å². The molecule has 0 aliphatic heterocycles. The van der Waals surface area contributed by atoms with Crippen LogP contribution < -0.4 is 5.56 Å². The van der Waals surface area contributed by atoms with Gasteiger partial charge in [-0.2, -0.15) is 0 Å². The van der Waals surface area contributed by atoms with Crippen LogP contribution in [0.3, 0.4) is 0 Å². The molecule has 0 bridgehead atoms. The number of nitrogens with one attached hydrogen (secondary N) is 1. The Bertz CT molecular complexity index is 601. The summed E-state index contributed by atoms with van der Waals surface area (Å²) < 4.78 is 0. The molecular formula is C10H8N2O3. The quantitative estimate of drug-likeness (QED) is 0.723. The van der Waals surface area contributed by atoms with Gasteiger partial charge in [0.2, 0.25) is 5.56 Å². The number of carbonyl (C=O) groups is 1.